The largest absolute Gasteiger partial charge is 0.340 e. The number of rotatable bonds is 7. The van der Waals surface area contributed by atoms with Crippen molar-refractivity contribution in [2.75, 3.05) is 20.6 Å². The van der Waals surface area contributed by atoms with E-state index in [0.717, 1.165) is 13.0 Å². The van der Waals surface area contributed by atoms with Crippen LogP contribution in [0.4, 0.5) is 0 Å². The van der Waals surface area contributed by atoms with Gasteiger partial charge in [-0.3, -0.25) is 4.68 Å². The summed E-state index contributed by atoms with van der Waals surface area (Å²) in [5.74, 6) is 0. The van der Waals surface area contributed by atoms with Crippen LogP contribution in [-0.4, -0.2) is 54.2 Å². The Morgan fingerprint density at radius 1 is 1.26 bits per heavy atom. The van der Waals surface area contributed by atoms with Crippen molar-refractivity contribution >= 4 is 7.98 Å². The zero-order chi connectivity index (χ0) is 14.6. The average molecular weight is 264 g/mol. The zero-order valence-electron chi connectivity index (χ0n) is 13.6. The molecule has 108 valence electrons. The summed E-state index contributed by atoms with van der Waals surface area (Å²) in [5, 5.41) is 4.48. The number of nitrogens with zero attached hydrogens (tertiary/aromatic N) is 4. The van der Waals surface area contributed by atoms with E-state index in [-0.39, 0.29) is 0 Å². The molecule has 0 amide bonds. The maximum atomic E-state index is 4.48. The molecule has 1 heterocycles. The van der Waals surface area contributed by atoms with Crippen LogP contribution in [-0.2, 0) is 0 Å². The van der Waals surface area contributed by atoms with Gasteiger partial charge in [0.05, 0.1) is 6.20 Å². The van der Waals surface area contributed by atoms with Crippen molar-refractivity contribution in [3.05, 3.63) is 18.0 Å². The number of aromatic nitrogens is 2. The van der Waals surface area contributed by atoms with Crippen molar-refractivity contribution < 1.29 is 0 Å². The van der Waals surface area contributed by atoms with E-state index in [1.165, 1.54) is 5.56 Å². The Morgan fingerprint density at radius 2 is 1.89 bits per heavy atom. The second kappa shape index (κ2) is 7.10. The molecule has 0 spiro atoms. The van der Waals surface area contributed by atoms with Crippen LogP contribution in [0.5, 0.6) is 0 Å². The van der Waals surface area contributed by atoms with Crippen LogP contribution in [0, 0.1) is 0 Å². The van der Waals surface area contributed by atoms with Gasteiger partial charge in [0.1, 0.15) is 0 Å². The van der Waals surface area contributed by atoms with E-state index in [1.54, 1.807) is 0 Å². The molecule has 0 aliphatic carbocycles. The molecule has 0 fully saturated rings. The molecule has 0 bridgehead atoms. The first-order valence-corrected chi connectivity index (χ1v) is 7.23. The summed E-state index contributed by atoms with van der Waals surface area (Å²) in [4.78, 5) is 4.68. The van der Waals surface area contributed by atoms with Gasteiger partial charge in [0.2, 0.25) is 0 Å². The second-order valence-corrected chi connectivity index (χ2v) is 6.21. The molecule has 19 heavy (non-hydrogen) atoms. The molecular formula is C14H29BN4. The van der Waals surface area contributed by atoms with Gasteiger partial charge >= 0.3 is 0 Å². The van der Waals surface area contributed by atoms with Gasteiger partial charge in [-0.15, -0.1) is 0 Å². The minimum Gasteiger partial charge on any atom is -0.340 e. The fourth-order valence-corrected chi connectivity index (χ4v) is 2.15. The Balaban J connectivity index is 2.87. The van der Waals surface area contributed by atoms with Crippen molar-refractivity contribution in [1.29, 1.82) is 0 Å². The Bertz CT molecular complexity index is 373. The van der Waals surface area contributed by atoms with Crippen molar-refractivity contribution in [3.8, 4) is 0 Å². The van der Waals surface area contributed by atoms with Crippen LogP contribution >= 0.6 is 0 Å². The normalized spacial score (nSPS) is 14.0. The van der Waals surface area contributed by atoms with Crippen molar-refractivity contribution in [3.63, 3.8) is 0 Å². The van der Waals surface area contributed by atoms with E-state index in [1.807, 2.05) is 10.9 Å². The van der Waals surface area contributed by atoms with Crippen molar-refractivity contribution in [1.82, 2.24) is 19.5 Å². The third kappa shape index (κ3) is 4.66. The predicted molar refractivity (Wildman–Crippen MR) is 84.0 cm³/mol. The lowest BCUT2D eigenvalue weighted by Gasteiger charge is -2.32. The summed E-state index contributed by atoms with van der Waals surface area (Å²) < 4.78 is 2.05. The smallest absolute Gasteiger partial charge is 0.186 e. The number of hydrogen-bond donors (Lipinski definition) is 0. The summed E-state index contributed by atoms with van der Waals surface area (Å²) in [6.45, 7) is 9.91. The zero-order valence-corrected chi connectivity index (χ0v) is 13.6. The minimum atomic E-state index is 0.424. The molecule has 0 radical (unpaired) electrons. The standard InChI is InChI=1S/C14H29BN4/c1-11(2)18-10-13(9-16-18)14(7-8-17(5)6)19(15)12(3)4/h9-12,14H,7-8,15H2,1-6H3. The molecule has 1 rings (SSSR count). The van der Waals surface area contributed by atoms with Gasteiger partial charge in [0, 0.05) is 23.8 Å². The van der Waals surface area contributed by atoms with E-state index >= 15 is 0 Å². The molecule has 1 aromatic rings. The summed E-state index contributed by atoms with van der Waals surface area (Å²) in [7, 11) is 6.46. The van der Waals surface area contributed by atoms with Gasteiger partial charge in [-0.05, 0) is 47.0 Å². The first-order valence-electron chi connectivity index (χ1n) is 7.23. The van der Waals surface area contributed by atoms with E-state index < -0.39 is 0 Å². The summed E-state index contributed by atoms with van der Waals surface area (Å²) >= 11 is 0. The maximum absolute atomic E-state index is 4.48. The lowest BCUT2D eigenvalue weighted by Crippen LogP contribution is -2.34. The maximum Gasteiger partial charge on any atom is 0.186 e. The third-order valence-electron chi connectivity index (χ3n) is 3.69. The van der Waals surface area contributed by atoms with Crippen LogP contribution in [0.1, 0.15) is 51.8 Å². The Kier molecular flexibility index (Phi) is 6.08. The highest BCUT2D eigenvalue weighted by molar-refractivity contribution is 6.04. The highest BCUT2D eigenvalue weighted by Crippen LogP contribution is 2.25. The Hall–Kier alpha value is -0.805. The molecule has 4 nitrogen and oxygen atoms in total. The fourth-order valence-electron chi connectivity index (χ4n) is 2.15. The van der Waals surface area contributed by atoms with E-state index in [9.17, 15) is 0 Å². The van der Waals surface area contributed by atoms with Gasteiger partial charge in [-0.25, -0.2) is 0 Å². The van der Waals surface area contributed by atoms with E-state index in [2.05, 4.69) is 70.8 Å². The Labute approximate surface area is 119 Å². The van der Waals surface area contributed by atoms with Crippen LogP contribution in [0.2, 0.25) is 0 Å². The Morgan fingerprint density at radius 3 is 2.32 bits per heavy atom. The van der Waals surface area contributed by atoms with Gasteiger partial charge in [0.15, 0.2) is 7.98 Å². The van der Waals surface area contributed by atoms with Gasteiger partial charge in [0.25, 0.3) is 0 Å². The molecule has 0 N–H and O–H groups in total. The number of hydrogen-bond acceptors (Lipinski definition) is 3. The summed E-state index contributed by atoms with van der Waals surface area (Å²) in [5.41, 5.74) is 1.33. The van der Waals surface area contributed by atoms with Crippen LogP contribution in [0.25, 0.3) is 0 Å². The lowest BCUT2D eigenvalue weighted by molar-refractivity contribution is 0.251. The molecule has 0 saturated carbocycles. The molecule has 0 aromatic carbocycles. The van der Waals surface area contributed by atoms with Gasteiger partial charge < -0.3 is 9.71 Å². The molecule has 1 unspecified atom stereocenters. The predicted octanol–water partition coefficient (Wildman–Crippen LogP) is 1.72. The highest BCUT2D eigenvalue weighted by Gasteiger charge is 2.20. The fraction of sp³-hybridized carbons (Fsp3) is 0.786. The van der Waals surface area contributed by atoms with Crippen LogP contribution in [0.3, 0.4) is 0 Å². The molecular weight excluding hydrogens is 235 g/mol. The third-order valence-corrected chi connectivity index (χ3v) is 3.69. The molecule has 1 atom stereocenters. The van der Waals surface area contributed by atoms with Crippen molar-refractivity contribution in [2.45, 2.75) is 52.2 Å². The highest BCUT2D eigenvalue weighted by atomic mass is 15.3. The van der Waals surface area contributed by atoms with Gasteiger partial charge in [-0.2, -0.15) is 5.10 Å². The minimum absolute atomic E-state index is 0.424. The SMILES string of the molecule is BN(C(C)C)C(CCN(C)C)c1cnn(C(C)C)c1. The van der Waals surface area contributed by atoms with Crippen molar-refractivity contribution in [2.24, 2.45) is 0 Å². The molecule has 0 saturated heterocycles. The second-order valence-electron chi connectivity index (χ2n) is 6.21. The molecule has 5 heteroatoms. The monoisotopic (exact) mass is 264 g/mol. The van der Waals surface area contributed by atoms with Crippen LogP contribution in [0.15, 0.2) is 12.4 Å². The first-order chi connectivity index (χ1) is 8.82. The first kappa shape index (κ1) is 16.2. The quantitative estimate of drug-likeness (QED) is 0.701. The summed E-state index contributed by atoms with van der Waals surface area (Å²) in [6.07, 6.45) is 5.36. The topological polar surface area (TPSA) is 24.3 Å². The van der Waals surface area contributed by atoms with E-state index in [0.29, 0.717) is 18.1 Å². The van der Waals surface area contributed by atoms with Crippen LogP contribution < -0.4 is 0 Å². The van der Waals surface area contributed by atoms with Gasteiger partial charge in [-0.1, -0.05) is 13.8 Å². The average Bonchev–Trinajstić information content (AvgIpc) is 2.78. The summed E-state index contributed by atoms with van der Waals surface area (Å²) in [6, 6.07) is 1.40. The lowest BCUT2D eigenvalue weighted by atomic mass is 9.99. The molecule has 1 aromatic heterocycles. The molecule has 0 aliphatic heterocycles. The molecule has 0 aliphatic rings. The van der Waals surface area contributed by atoms with E-state index in [4.69, 9.17) is 0 Å².